The maximum absolute atomic E-state index is 13.6. The number of carbonyl (C=O) groups is 1. The zero-order valence-corrected chi connectivity index (χ0v) is 16.6. The van der Waals surface area contributed by atoms with E-state index in [-0.39, 0.29) is 53.3 Å². The molecule has 160 valence electrons. The lowest BCUT2D eigenvalue weighted by Gasteiger charge is -2.32. The first-order valence-corrected chi connectivity index (χ1v) is 9.70. The molecule has 2 atom stereocenters. The van der Waals surface area contributed by atoms with E-state index in [9.17, 15) is 18.0 Å². The summed E-state index contributed by atoms with van der Waals surface area (Å²) < 4.78 is 47.6. The van der Waals surface area contributed by atoms with Crippen LogP contribution < -0.4 is 0 Å². The third kappa shape index (κ3) is 3.88. The van der Waals surface area contributed by atoms with Crippen molar-refractivity contribution in [1.82, 2.24) is 29.8 Å². The summed E-state index contributed by atoms with van der Waals surface area (Å²) in [7, 11) is 0. The monoisotopic (exact) mass is 422 g/mol. The number of aromatic nitrogens is 5. The molecule has 0 aliphatic carbocycles. The van der Waals surface area contributed by atoms with Crippen LogP contribution in [0.3, 0.4) is 0 Å². The SMILES string of the molecule is Cc1cc(C(F)(F)F)c2c(C3CCCN(C(=O)CC(C)n4cncn4)C3)noc2n1. The van der Waals surface area contributed by atoms with Crippen molar-refractivity contribution < 1.29 is 22.5 Å². The molecule has 0 spiro atoms. The van der Waals surface area contributed by atoms with Crippen LogP contribution in [0.1, 0.15) is 55.1 Å². The standard InChI is InChI=1S/C19H21F3N6O2/c1-11-6-14(19(20,21)22)16-17(26-30-18(16)25-11)13-4-3-5-27(8-13)15(29)7-12(2)28-10-23-9-24-28/h6,9-10,12-13H,3-5,7-8H2,1-2H3. The highest BCUT2D eigenvalue weighted by Crippen LogP contribution is 2.40. The van der Waals surface area contributed by atoms with Crippen LogP contribution in [-0.2, 0) is 11.0 Å². The molecule has 1 amide bonds. The van der Waals surface area contributed by atoms with Gasteiger partial charge in [0, 0.05) is 31.1 Å². The number of hydrogen-bond donors (Lipinski definition) is 0. The molecule has 1 aliphatic rings. The molecule has 4 rings (SSSR count). The molecule has 0 bridgehead atoms. The van der Waals surface area contributed by atoms with Crippen molar-refractivity contribution in [3.05, 3.63) is 35.7 Å². The van der Waals surface area contributed by atoms with Crippen molar-refractivity contribution in [1.29, 1.82) is 0 Å². The fourth-order valence-electron chi connectivity index (χ4n) is 3.95. The Labute approximate surface area is 170 Å². The molecule has 0 aromatic carbocycles. The minimum Gasteiger partial charge on any atom is -0.342 e. The van der Waals surface area contributed by atoms with Gasteiger partial charge in [0.15, 0.2) is 0 Å². The second kappa shape index (κ2) is 7.69. The highest BCUT2D eigenvalue weighted by molar-refractivity contribution is 5.82. The predicted octanol–water partition coefficient (Wildman–Crippen LogP) is 3.50. The highest BCUT2D eigenvalue weighted by Gasteiger charge is 2.38. The van der Waals surface area contributed by atoms with E-state index in [0.717, 1.165) is 6.07 Å². The number of pyridine rings is 1. The highest BCUT2D eigenvalue weighted by atomic mass is 19.4. The fourth-order valence-corrected chi connectivity index (χ4v) is 3.95. The van der Waals surface area contributed by atoms with Crippen molar-refractivity contribution >= 4 is 17.0 Å². The van der Waals surface area contributed by atoms with Gasteiger partial charge in [-0.3, -0.25) is 4.79 Å². The molecular formula is C19H21F3N6O2. The molecule has 4 heterocycles. The van der Waals surface area contributed by atoms with Crippen molar-refractivity contribution in [3.8, 4) is 0 Å². The molecule has 2 unspecified atom stereocenters. The van der Waals surface area contributed by atoms with Gasteiger partial charge in [0.25, 0.3) is 5.71 Å². The Morgan fingerprint density at radius 3 is 2.90 bits per heavy atom. The van der Waals surface area contributed by atoms with Crippen LogP contribution in [0.15, 0.2) is 23.2 Å². The Morgan fingerprint density at radius 1 is 1.40 bits per heavy atom. The van der Waals surface area contributed by atoms with Gasteiger partial charge in [-0.15, -0.1) is 0 Å². The Hall–Kier alpha value is -2.98. The molecule has 8 nitrogen and oxygen atoms in total. The molecule has 0 N–H and O–H groups in total. The number of rotatable bonds is 4. The molecule has 30 heavy (non-hydrogen) atoms. The topological polar surface area (TPSA) is 89.9 Å². The Balaban J connectivity index is 1.58. The van der Waals surface area contributed by atoms with E-state index >= 15 is 0 Å². The number of halogens is 3. The second-order valence-corrected chi connectivity index (χ2v) is 7.66. The molecule has 1 aliphatic heterocycles. The van der Waals surface area contributed by atoms with Crippen LogP contribution in [0.5, 0.6) is 0 Å². The van der Waals surface area contributed by atoms with Gasteiger partial charge in [0.2, 0.25) is 5.91 Å². The number of likely N-dealkylation sites (tertiary alicyclic amines) is 1. The summed E-state index contributed by atoms with van der Waals surface area (Å²) >= 11 is 0. The van der Waals surface area contributed by atoms with Crippen molar-refractivity contribution in [2.24, 2.45) is 0 Å². The number of piperidine rings is 1. The average molecular weight is 422 g/mol. The zero-order valence-electron chi connectivity index (χ0n) is 16.6. The minimum absolute atomic E-state index is 0.0829. The van der Waals surface area contributed by atoms with E-state index in [1.807, 2.05) is 6.92 Å². The minimum atomic E-state index is -4.55. The van der Waals surface area contributed by atoms with Gasteiger partial charge >= 0.3 is 6.18 Å². The molecule has 1 fully saturated rings. The Morgan fingerprint density at radius 2 is 2.20 bits per heavy atom. The summed E-state index contributed by atoms with van der Waals surface area (Å²) in [6.45, 7) is 4.19. The van der Waals surface area contributed by atoms with Gasteiger partial charge in [0.1, 0.15) is 12.7 Å². The number of hydrogen-bond acceptors (Lipinski definition) is 6. The summed E-state index contributed by atoms with van der Waals surface area (Å²) in [4.78, 5) is 22.4. The normalized spacial score (nSPS) is 18.7. The number of aryl methyl sites for hydroxylation is 1. The Bertz CT molecular complexity index is 1050. The van der Waals surface area contributed by atoms with Crippen LogP contribution in [-0.4, -0.2) is 48.8 Å². The van der Waals surface area contributed by atoms with E-state index in [1.54, 1.807) is 15.9 Å². The van der Waals surface area contributed by atoms with E-state index in [0.29, 0.717) is 19.4 Å². The van der Waals surface area contributed by atoms with Gasteiger partial charge in [-0.2, -0.15) is 18.3 Å². The van der Waals surface area contributed by atoms with Crippen LogP contribution in [0, 0.1) is 6.92 Å². The van der Waals surface area contributed by atoms with Crippen LogP contribution in [0.4, 0.5) is 13.2 Å². The quantitative estimate of drug-likeness (QED) is 0.639. The molecular weight excluding hydrogens is 401 g/mol. The first kappa shape index (κ1) is 20.3. The average Bonchev–Trinajstić information content (AvgIpc) is 3.36. The lowest BCUT2D eigenvalue weighted by atomic mass is 9.91. The molecule has 11 heteroatoms. The lowest BCUT2D eigenvalue weighted by molar-refractivity contribution is -0.136. The summed E-state index contributed by atoms with van der Waals surface area (Å²) in [6, 6.07) is 0.839. The second-order valence-electron chi connectivity index (χ2n) is 7.66. The van der Waals surface area contributed by atoms with E-state index in [1.165, 1.54) is 13.3 Å². The molecule has 0 radical (unpaired) electrons. The summed E-state index contributed by atoms with van der Waals surface area (Å²) in [6.07, 6.45) is -0.0834. The van der Waals surface area contributed by atoms with Crippen LogP contribution >= 0.6 is 0 Å². The summed E-state index contributed by atoms with van der Waals surface area (Å²) in [5, 5.41) is 7.87. The third-order valence-corrected chi connectivity index (χ3v) is 5.43. The number of nitrogens with zero attached hydrogens (tertiary/aromatic N) is 6. The first-order valence-electron chi connectivity index (χ1n) is 9.70. The zero-order chi connectivity index (χ0) is 21.5. The van der Waals surface area contributed by atoms with E-state index in [2.05, 4.69) is 20.2 Å². The number of fused-ring (bicyclic) bond motifs is 1. The van der Waals surface area contributed by atoms with Crippen LogP contribution in [0.2, 0.25) is 0 Å². The van der Waals surface area contributed by atoms with E-state index < -0.39 is 11.7 Å². The van der Waals surface area contributed by atoms with Crippen molar-refractivity contribution in [3.63, 3.8) is 0 Å². The van der Waals surface area contributed by atoms with Gasteiger partial charge in [-0.1, -0.05) is 5.16 Å². The van der Waals surface area contributed by atoms with Gasteiger partial charge in [0.05, 0.1) is 22.7 Å². The lowest BCUT2D eigenvalue weighted by Crippen LogP contribution is -2.40. The van der Waals surface area contributed by atoms with Gasteiger partial charge < -0.3 is 9.42 Å². The predicted molar refractivity (Wildman–Crippen MR) is 99.4 cm³/mol. The number of carbonyl (C=O) groups excluding carboxylic acids is 1. The van der Waals surface area contributed by atoms with Crippen molar-refractivity contribution in [2.45, 2.75) is 51.2 Å². The maximum atomic E-state index is 13.6. The van der Waals surface area contributed by atoms with Gasteiger partial charge in [-0.25, -0.2) is 14.6 Å². The molecule has 0 saturated carbocycles. The molecule has 3 aromatic rings. The third-order valence-electron chi connectivity index (χ3n) is 5.43. The molecule has 3 aromatic heterocycles. The van der Waals surface area contributed by atoms with Gasteiger partial charge in [-0.05, 0) is 32.8 Å². The number of amides is 1. The summed E-state index contributed by atoms with van der Waals surface area (Å²) in [5.74, 6) is -0.434. The molecule has 1 saturated heterocycles. The largest absolute Gasteiger partial charge is 0.417 e. The number of alkyl halides is 3. The van der Waals surface area contributed by atoms with Crippen molar-refractivity contribution in [2.75, 3.05) is 13.1 Å². The first-order chi connectivity index (χ1) is 14.2. The fraction of sp³-hybridized carbons (Fsp3) is 0.526. The smallest absolute Gasteiger partial charge is 0.342 e. The van der Waals surface area contributed by atoms with Crippen LogP contribution in [0.25, 0.3) is 11.1 Å². The summed E-state index contributed by atoms with van der Waals surface area (Å²) in [5.41, 5.74) is -0.503. The Kier molecular flexibility index (Phi) is 5.20. The van der Waals surface area contributed by atoms with E-state index in [4.69, 9.17) is 4.52 Å². The maximum Gasteiger partial charge on any atom is 0.417 e.